The van der Waals surface area contributed by atoms with Gasteiger partial charge in [-0.3, -0.25) is 4.79 Å². The van der Waals surface area contributed by atoms with Gasteiger partial charge >= 0.3 is 0 Å². The summed E-state index contributed by atoms with van der Waals surface area (Å²) in [6.07, 6.45) is 3.22. The van der Waals surface area contributed by atoms with Crippen LogP contribution in [0.15, 0.2) is 73.2 Å². The molecule has 0 N–H and O–H groups in total. The van der Waals surface area contributed by atoms with Crippen molar-refractivity contribution in [1.82, 2.24) is 19.7 Å². The van der Waals surface area contributed by atoms with E-state index in [1.165, 1.54) is 6.33 Å². The highest BCUT2D eigenvalue weighted by Crippen LogP contribution is 2.26. The lowest BCUT2D eigenvalue weighted by molar-refractivity contribution is 0.0965. The van der Waals surface area contributed by atoms with Gasteiger partial charge in [-0.15, -0.1) is 0 Å². The van der Waals surface area contributed by atoms with Crippen LogP contribution in [0, 0.1) is 0 Å². The third kappa shape index (κ3) is 2.70. The van der Waals surface area contributed by atoms with Gasteiger partial charge in [0.2, 0.25) is 0 Å². The van der Waals surface area contributed by atoms with E-state index in [1.54, 1.807) is 10.9 Å². The van der Waals surface area contributed by atoms with E-state index in [-0.39, 0.29) is 11.7 Å². The van der Waals surface area contributed by atoms with Crippen molar-refractivity contribution < 1.29 is 4.79 Å². The first kappa shape index (κ1) is 15.2. The molecule has 4 aromatic rings. The second kappa shape index (κ2) is 6.28. The van der Waals surface area contributed by atoms with Crippen LogP contribution in [0.3, 0.4) is 0 Å². The average Bonchev–Trinajstić information content (AvgIpc) is 3.12. The number of ketones is 1. The van der Waals surface area contributed by atoms with Gasteiger partial charge in [0.25, 0.3) is 0 Å². The number of benzene rings is 2. The van der Waals surface area contributed by atoms with Crippen LogP contribution in [0.2, 0.25) is 0 Å². The summed E-state index contributed by atoms with van der Waals surface area (Å²) in [7, 11) is 0. The number of hydrogen-bond acceptors (Lipinski definition) is 4. The molecule has 0 radical (unpaired) electrons. The maximum Gasteiger partial charge on any atom is 0.171 e. The molecule has 0 aliphatic rings. The average molecular weight is 328 g/mol. The van der Waals surface area contributed by atoms with Crippen molar-refractivity contribution >= 4 is 16.8 Å². The zero-order valence-corrected chi connectivity index (χ0v) is 13.7. The van der Waals surface area contributed by atoms with Crippen molar-refractivity contribution in [3.8, 4) is 5.69 Å². The van der Waals surface area contributed by atoms with Crippen LogP contribution in [-0.2, 0) is 0 Å². The first-order valence-corrected chi connectivity index (χ1v) is 8.09. The Bertz CT molecular complexity index is 1030. The fourth-order valence-corrected chi connectivity index (χ4v) is 2.94. The molecule has 1 atom stereocenters. The van der Waals surface area contributed by atoms with Crippen molar-refractivity contribution in [2.45, 2.75) is 12.8 Å². The molecule has 4 rings (SSSR count). The van der Waals surface area contributed by atoms with Gasteiger partial charge in [-0.05, 0) is 19.1 Å². The largest absolute Gasteiger partial charge is 0.293 e. The maximum absolute atomic E-state index is 12.8. The molecule has 0 aliphatic carbocycles. The Kier molecular flexibility index (Phi) is 3.82. The predicted molar refractivity (Wildman–Crippen MR) is 95.8 cm³/mol. The van der Waals surface area contributed by atoms with Crippen LogP contribution in [0.1, 0.15) is 28.9 Å². The minimum Gasteiger partial charge on any atom is -0.293 e. The summed E-state index contributed by atoms with van der Waals surface area (Å²) >= 11 is 0. The Balaban J connectivity index is 1.79. The molecule has 25 heavy (non-hydrogen) atoms. The fraction of sp³-hybridized carbons (Fsp3) is 0.100. The van der Waals surface area contributed by atoms with E-state index < -0.39 is 0 Å². The van der Waals surface area contributed by atoms with E-state index in [0.717, 1.165) is 11.1 Å². The lowest BCUT2D eigenvalue weighted by Crippen LogP contribution is -2.12. The Labute approximate surface area is 145 Å². The highest BCUT2D eigenvalue weighted by Gasteiger charge is 2.22. The first-order chi connectivity index (χ1) is 12.3. The molecule has 0 amide bonds. The van der Waals surface area contributed by atoms with Crippen molar-refractivity contribution in [2.24, 2.45) is 0 Å². The summed E-state index contributed by atoms with van der Waals surface area (Å²) in [5, 5.41) is 5.24. The van der Waals surface area contributed by atoms with E-state index in [0.29, 0.717) is 16.9 Å². The van der Waals surface area contributed by atoms with Crippen LogP contribution < -0.4 is 0 Å². The SMILES string of the molecule is CC(C(=O)c1ccccc1)c1ncnc2c1cnn2-c1ccccc1. The Morgan fingerprint density at radius 1 is 0.960 bits per heavy atom. The summed E-state index contributed by atoms with van der Waals surface area (Å²) < 4.78 is 1.76. The summed E-state index contributed by atoms with van der Waals surface area (Å²) in [6.45, 7) is 1.87. The monoisotopic (exact) mass is 328 g/mol. The van der Waals surface area contributed by atoms with E-state index >= 15 is 0 Å². The number of rotatable bonds is 4. The smallest absolute Gasteiger partial charge is 0.171 e. The van der Waals surface area contributed by atoms with Crippen molar-refractivity contribution in [1.29, 1.82) is 0 Å². The summed E-state index contributed by atoms with van der Waals surface area (Å²) in [5.74, 6) is -0.339. The Hall–Kier alpha value is -3.34. The van der Waals surface area contributed by atoms with Gasteiger partial charge in [0.15, 0.2) is 11.4 Å². The number of para-hydroxylation sites is 1. The van der Waals surface area contributed by atoms with Crippen LogP contribution in [0.25, 0.3) is 16.7 Å². The molecular formula is C20H16N4O. The minimum atomic E-state index is -0.374. The molecule has 0 spiro atoms. The van der Waals surface area contributed by atoms with Gasteiger partial charge in [0, 0.05) is 5.56 Å². The molecule has 5 heteroatoms. The fourth-order valence-electron chi connectivity index (χ4n) is 2.94. The second-order valence-electron chi connectivity index (χ2n) is 5.84. The molecule has 2 aromatic heterocycles. The first-order valence-electron chi connectivity index (χ1n) is 8.09. The number of Topliss-reactive ketones (excluding diaryl/α,β-unsaturated/α-hetero) is 1. The summed E-state index contributed by atoms with van der Waals surface area (Å²) in [6, 6.07) is 19.1. The van der Waals surface area contributed by atoms with Crippen molar-refractivity contribution in [3.63, 3.8) is 0 Å². The van der Waals surface area contributed by atoms with E-state index in [4.69, 9.17) is 0 Å². The molecule has 1 unspecified atom stereocenters. The van der Waals surface area contributed by atoms with Gasteiger partial charge in [-0.25, -0.2) is 14.6 Å². The van der Waals surface area contributed by atoms with Crippen LogP contribution in [-0.4, -0.2) is 25.5 Å². The lowest BCUT2D eigenvalue weighted by Gasteiger charge is -2.11. The highest BCUT2D eigenvalue weighted by atomic mass is 16.1. The van der Waals surface area contributed by atoms with Gasteiger partial charge in [0.1, 0.15) is 6.33 Å². The lowest BCUT2D eigenvalue weighted by atomic mass is 9.95. The Morgan fingerprint density at radius 3 is 2.36 bits per heavy atom. The van der Waals surface area contributed by atoms with Crippen LogP contribution >= 0.6 is 0 Å². The number of nitrogens with zero attached hydrogens (tertiary/aromatic N) is 4. The Morgan fingerprint density at radius 2 is 1.64 bits per heavy atom. The normalized spacial score (nSPS) is 12.2. The minimum absolute atomic E-state index is 0.0352. The molecule has 5 nitrogen and oxygen atoms in total. The van der Waals surface area contributed by atoms with Gasteiger partial charge in [-0.2, -0.15) is 5.10 Å². The van der Waals surface area contributed by atoms with Crippen molar-refractivity contribution in [2.75, 3.05) is 0 Å². The zero-order chi connectivity index (χ0) is 17.2. The number of hydrogen-bond donors (Lipinski definition) is 0. The van der Waals surface area contributed by atoms with Crippen LogP contribution in [0.5, 0.6) is 0 Å². The number of carbonyl (C=O) groups excluding carboxylic acids is 1. The zero-order valence-electron chi connectivity index (χ0n) is 13.7. The number of fused-ring (bicyclic) bond motifs is 1. The third-order valence-corrected chi connectivity index (χ3v) is 4.26. The highest BCUT2D eigenvalue weighted by molar-refractivity contribution is 6.02. The second-order valence-corrected chi connectivity index (χ2v) is 5.84. The predicted octanol–water partition coefficient (Wildman–Crippen LogP) is 3.80. The van der Waals surface area contributed by atoms with E-state index in [2.05, 4.69) is 15.1 Å². The summed E-state index contributed by atoms with van der Waals surface area (Å²) in [5.41, 5.74) is 2.99. The maximum atomic E-state index is 12.8. The molecule has 0 saturated carbocycles. The molecule has 0 saturated heterocycles. The molecule has 122 valence electrons. The molecular weight excluding hydrogens is 312 g/mol. The van der Waals surface area contributed by atoms with Crippen molar-refractivity contribution in [3.05, 3.63) is 84.4 Å². The topological polar surface area (TPSA) is 60.7 Å². The molecule has 0 aliphatic heterocycles. The van der Waals surface area contributed by atoms with Gasteiger partial charge in [-0.1, -0.05) is 48.5 Å². The number of carbonyl (C=O) groups is 1. The quantitative estimate of drug-likeness (QED) is 0.535. The molecule has 2 heterocycles. The third-order valence-electron chi connectivity index (χ3n) is 4.26. The summed E-state index contributed by atoms with van der Waals surface area (Å²) in [4.78, 5) is 21.5. The van der Waals surface area contributed by atoms with Gasteiger partial charge < -0.3 is 0 Å². The van der Waals surface area contributed by atoms with Crippen LogP contribution in [0.4, 0.5) is 0 Å². The van der Waals surface area contributed by atoms with E-state index in [9.17, 15) is 4.79 Å². The van der Waals surface area contributed by atoms with E-state index in [1.807, 2.05) is 67.6 Å². The van der Waals surface area contributed by atoms with Gasteiger partial charge in [0.05, 0.1) is 28.9 Å². The standard InChI is InChI=1S/C20H16N4O/c1-14(19(25)15-8-4-2-5-9-15)18-17-12-23-24(20(17)22-13-21-18)16-10-6-3-7-11-16/h2-14H,1H3. The molecule has 0 bridgehead atoms. The number of aromatic nitrogens is 4. The molecule has 0 fully saturated rings. The molecule has 2 aromatic carbocycles.